The van der Waals surface area contributed by atoms with E-state index in [0.717, 1.165) is 0 Å². The van der Waals surface area contributed by atoms with Gasteiger partial charge in [-0.15, -0.1) is 0 Å². The van der Waals surface area contributed by atoms with Gasteiger partial charge in [0.25, 0.3) is 5.91 Å². The Labute approximate surface area is 63.4 Å². The molecule has 62 valence electrons. The molecule has 11 heavy (non-hydrogen) atoms. The predicted molar refractivity (Wildman–Crippen MR) is 37.7 cm³/mol. The highest BCUT2D eigenvalue weighted by molar-refractivity contribution is 5.93. The number of carbonyl (C=O) groups excluding carboxylic acids is 1. The average Bonchev–Trinajstić information content (AvgIpc) is 1.97. The summed E-state index contributed by atoms with van der Waals surface area (Å²) in [7, 11) is 1.52. The van der Waals surface area contributed by atoms with Crippen molar-refractivity contribution in [1.29, 1.82) is 0 Å². The van der Waals surface area contributed by atoms with Gasteiger partial charge in [0.1, 0.15) is 0 Å². The second kappa shape index (κ2) is 2.31. The van der Waals surface area contributed by atoms with E-state index in [1.54, 1.807) is 0 Å². The van der Waals surface area contributed by atoms with Crippen molar-refractivity contribution in [3.8, 4) is 0 Å². The standard InChI is InChI=1S/C5H10N4O2/c1-9-4(11)2(6)3(10)8-5(9)7/h5,11H,6-7H2,1H3,(H,8,10). The van der Waals surface area contributed by atoms with Gasteiger partial charge in [-0.25, -0.2) is 0 Å². The lowest BCUT2D eigenvalue weighted by atomic mass is 10.3. The minimum atomic E-state index is -0.713. The molecule has 1 unspecified atom stereocenters. The smallest absolute Gasteiger partial charge is 0.275 e. The summed E-state index contributed by atoms with van der Waals surface area (Å²) in [5.74, 6) is -0.839. The first-order valence-electron chi connectivity index (χ1n) is 3.02. The van der Waals surface area contributed by atoms with Gasteiger partial charge in [-0.05, 0) is 0 Å². The molecule has 6 heteroatoms. The van der Waals surface area contributed by atoms with Gasteiger partial charge in [0.15, 0.2) is 12.0 Å². The number of nitrogens with zero attached hydrogens (tertiary/aromatic N) is 1. The molecule has 1 aliphatic heterocycles. The summed E-state index contributed by atoms with van der Waals surface area (Å²) in [5, 5.41) is 11.5. The third-order valence-electron chi connectivity index (χ3n) is 1.52. The summed E-state index contributed by atoms with van der Waals surface area (Å²) in [6.07, 6.45) is -0.713. The quantitative estimate of drug-likeness (QED) is 0.325. The molecule has 6 nitrogen and oxygen atoms in total. The van der Waals surface area contributed by atoms with Crippen LogP contribution in [0.2, 0.25) is 0 Å². The maximum atomic E-state index is 10.8. The molecule has 0 aromatic heterocycles. The molecule has 1 rings (SSSR count). The van der Waals surface area contributed by atoms with Gasteiger partial charge < -0.3 is 21.1 Å². The minimum Gasteiger partial charge on any atom is -0.493 e. The number of hydrogen-bond acceptors (Lipinski definition) is 5. The fourth-order valence-corrected chi connectivity index (χ4v) is 0.732. The molecule has 0 fully saturated rings. The zero-order valence-corrected chi connectivity index (χ0v) is 6.03. The predicted octanol–water partition coefficient (Wildman–Crippen LogP) is -2.02. The van der Waals surface area contributed by atoms with Crippen LogP contribution in [0.25, 0.3) is 0 Å². The molecule has 1 heterocycles. The first-order valence-corrected chi connectivity index (χ1v) is 3.02. The van der Waals surface area contributed by atoms with E-state index < -0.39 is 12.2 Å². The topological polar surface area (TPSA) is 105 Å². The molecule has 0 spiro atoms. The number of nitrogens with one attached hydrogen (secondary N) is 1. The van der Waals surface area contributed by atoms with E-state index >= 15 is 0 Å². The van der Waals surface area contributed by atoms with Crippen LogP contribution in [0.1, 0.15) is 0 Å². The third kappa shape index (κ3) is 1.07. The Balaban J connectivity index is 2.98. The number of hydrogen-bond donors (Lipinski definition) is 4. The van der Waals surface area contributed by atoms with Gasteiger partial charge in [-0.1, -0.05) is 0 Å². The largest absolute Gasteiger partial charge is 0.493 e. The summed E-state index contributed by atoms with van der Waals surface area (Å²) in [4.78, 5) is 12.1. The lowest BCUT2D eigenvalue weighted by Gasteiger charge is -2.30. The highest BCUT2D eigenvalue weighted by Crippen LogP contribution is 2.06. The van der Waals surface area contributed by atoms with E-state index in [1.165, 1.54) is 11.9 Å². The summed E-state index contributed by atoms with van der Waals surface area (Å²) in [6, 6.07) is 0. The molecule has 0 saturated carbocycles. The highest BCUT2D eigenvalue weighted by atomic mass is 16.3. The Morgan fingerprint density at radius 2 is 2.27 bits per heavy atom. The Bertz CT molecular complexity index is 225. The maximum absolute atomic E-state index is 10.8. The summed E-state index contributed by atoms with van der Waals surface area (Å²) >= 11 is 0. The molecule has 1 atom stereocenters. The Morgan fingerprint density at radius 1 is 1.73 bits per heavy atom. The number of carbonyl (C=O) groups is 1. The summed E-state index contributed by atoms with van der Waals surface area (Å²) in [6.45, 7) is 0. The van der Waals surface area contributed by atoms with Gasteiger partial charge >= 0.3 is 0 Å². The van der Waals surface area contributed by atoms with Crippen molar-refractivity contribution in [3.05, 3.63) is 11.6 Å². The van der Waals surface area contributed by atoms with E-state index in [4.69, 9.17) is 16.6 Å². The fourth-order valence-electron chi connectivity index (χ4n) is 0.732. The highest BCUT2D eigenvalue weighted by Gasteiger charge is 2.26. The van der Waals surface area contributed by atoms with Gasteiger partial charge in [0.2, 0.25) is 5.88 Å². The van der Waals surface area contributed by atoms with Crippen LogP contribution in [0.3, 0.4) is 0 Å². The molecule has 0 aliphatic carbocycles. The van der Waals surface area contributed by atoms with Crippen LogP contribution >= 0.6 is 0 Å². The first kappa shape index (κ1) is 7.67. The Hall–Kier alpha value is -1.43. The van der Waals surface area contributed by atoms with E-state index in [-0.39, 0.29) is 11.6 Å². The monoisotopic (exact) mass is 158 g/mol. The SMILES string of the molecule is CN1C(O)=C(N)C(=O)NC1N. The molecular weight excluding hydrogens is 148 g/mol. The summed E-state index contributed by atoms with van der Waals surface area (Å²) in [5.41, 5.74) is 10.3. The molecule has 0 aromatic carbocycles. The van der Waals surface area contributed by atoms with Gasteiger partial charge in [-0.3, -0.25) is 10.5 Å². The molecular formula is C5H10N4O2. The molecule has 0 saturated heterocycles. The van der Waals surface area contributed by atoms with Crippen LogP contribution in [0.4, 0.5) is 0 Å². The van der Waals surface area contributed by atoms with E-state index in [0.29, 0.717) is 0 Å². The zero-order valence-electron chi connectivity index (χ0n) is 6.03. The maximum Gasteiger partial charge on any atom is 0.275 e. The van der Waals surface area contributed by atoms with E-state index in [2.05, 4.69) is 5.32 Å². The van der Waals surface area contributed by atoms with E-state index in [9.17, 15) is 4.79 Å². The van der Waals surface area contributed by atoms with Crippen molar-refractivity contribution in [2.45, 2.75) is 6.29 Å². The molecule has 1 aliphatic rings. The normalized spacial score (nSPS) is 25.5. The number of amides is 1. The molecule has 0 radical (unpaired) electrons. The fraction of sp³-hybridized carbons (Fsp3) is 0.400. The summed E-state index contributed by atoms with van der Waals surface area (Å²) < 4.78 is 0. The lowest BCUT2D eigenvalue weighted by molar-refractivity contribution is -0.121. The lowest BCUT2D eigenvalue weighted by Crippen LogP contribution is -2.57. The second-order valence-corrected chi connectivity index (χ2v) is 2.27. The van der Waals surface area contributed by atoms with Gasteiger partial charge in [-0.2, -0.15) is 0 Å². The van der Waals surface area contributed by atoms with Crippen LogP contribution in [0, 0.1) is 0 Å². The Morgan fingerprint density at radius 3 is 2.82 bits per heavy atom. The van der Waals surface area contributed by atoms with Crippen molar-refractivity contribution in [2.75, 3.05) is 7.05 Å². The molecule has 0 aromatic rings. The average molecular weight is 158 g/mol. The Kier molecular flexibility index (Phi) is 1.61. The number of aliphatic hydroxyl groups is 1. The number of aliphatic hydroxyl groups excluding tert-OH is 1. The van der Waals surface area contributed by atoms with E-state index in [1.807, 2.05) is 0 Å². The number of rotatable bonds is 0. The van der Waals surface area contributed by atoms with Crippen LogP contribution in [0.5, 0.6) is 0 Å². The van der Waals surface area contributed by atoms with Crippen LogP contribution in [-0.4, -0.2) is 29.3 Å². The van der Waals surface area contributed by atoms with Crippen molar-refractivity contribution >= 4 is 5.91 Å². The zero-order chi connectivity index (χ0) is 8.59. The molecule has 0 bridgehead atoms. The van der Waals surface area contributed by atoms with Crippen molar-refractivity contribution in [2.24, 2.45) is 11.5 Å². The van der Waals surface area contributed by atoms with Gasteiger partial charge in [0.05, 0.1) is 0 Å². The minimum absolute atomic E-state index is 0.214. The molecule has 1 amide bonds. The van der Waals surface area contributed by atoms with Crippen molar-refractivity contribution in [3.63, 3.8) is 0 Å². The van der Waals surface area contributed by atoms with Gasteiger partial charge in [0, 0.05) is 7.05 Å². The van der Waals surface area contributed by atoms with Crippen molar-refractivity contribution < 1.29 is 9.90 Å². The van der Waals surface area contributed by atoms with Crippen LogP contribution in [-0.2, 0) is 4.79 Å². The second-order valence-electron chi connectivity index (χ2n) is 2.27. The molecule has 6 N–H and O–H groups in total. The number of nitrogens with two attached hydrogens (primary N) is 2. The third-order valence-corrected chi connectivity index (χ3v) is 1.52. The van der Waals surface area contributed by atoms with Crippen LogP contribution in [0.15, 0.2) is 11.6 Å². The van der Waals surface area contributed by atoms with Crippen molar-refractivity contribution in [1.82, 2.24) is 10.2 Å². The first-order chi connectivity index (χ1) is 5.04. The van der Waals surface area contributed by atoms with Crippen LogP contribution < -0.4 is 16.8 Å².